The predicted octanol–water partition coefficient (Wildman–Crippen LogP) is 1.57. The van der Waals surface area contributed by atoms with Crippen molar-refractivity contribution in [3.63, 3.8) is 0 Å². The fourth-order valence-electron chi connectivity index (χ4n) is 3.07. The van der Waals surface area contributed by atoms with Crippen LogP contribution in [0.2, 0.25) is 0 Å². The molecule has 21 heavy (non-hydrogen) atoms. The third kappa shape index (κ3) is 3.31. The summed E-state index contributed by atoms with van der Waals surface area (Å²) in [5.74, 6) is 1.64. The first kappa shape index (κ1) is 14.6. The molecular formula is C16H24N2O3. The lowest BCUT2D eigenvalue weighted by Crippen LogP contribution is -2.36. The van der Waals surface area contributed by atoms with Gasteiger partial charge >= 0.3 is 0 Å². The fraction of sp³-hybridized carbons (Fsp3) is 0.625. The number of hydrogen-bond donors (Lipinski definition) is 1. The van der Waals surface area contributed by atoms with Crippen molar-refractivity contribution in [3.05, 3.63) is 23.8 Å². The number of fused-ring (bicyclic) bond motifs is 1. The number of nitrogens with zero attached hydrogens (tertiary/aromatic N) is 1. The topological polar surface area (TPSA) is 57.0 Å². The average molecular weight is 292 g/mol. The van der Waals surface area contributed by atoms with Gasteiger partial charge in [-0.1, -0.05) is 6.07 Å². The standard InChI is InChI=1S/C16H24N2O3/c1-18(11-13-3-2-6-19-13)14(10-17)12-4-5-15-16(9-12)21-8-7-20-15/h4-5,9,13-14H,2-3,6-8,10-11,17H2,1H3. The zero-order valence-corrected chi connectivity index (χ0v) is 12.6. The average Bonchev–Trinajstić information content (AvgIpc) is 3.01. The summed E-state index contributed by atoms with van der Waals surface area (Å²) >= 11 is 0. The molecule has 2 atom stereocenters. The molecule has 2 unspecified atom stereocenters. The van der Waals surface area contributed by atoms with Crippen LogP contribution in [0.4, 0.5) is 0 Å². The Morgan fingerprint density at radius 1 is 1.24 bits per heavy atom. The van der Waals surface area contributed by atoms with Crippen LogP contribution in [-0.2, 0) is 4.74 Å². The van der Waals surface area contributed by atoms with Crippen molar-refractivity contribution in [2.75, 3.05) is 40.0 Å². The maximum Gasteiger partial charge on any atom is 0.161 e. The van der Waals surface area contributed by atoms with Crippen molar-refractivity contribution < 1.29 is 14.2 Å². The number of benzene rings is 1. The lowest BCUT2D eigenvalue weighted by Gasteiger charge is -2.30. The van der Waals surface area contributed by atoms with Crippen LogP contribution in [0.1, 0.15) is 24.4 Å². The molecule has 2 heterocycles. The molecule has 0 saturated carbocycles. The smallest absolute Gasteiger partial charge is 0.161 e. The predicted molar refractivity (Wildman–Crippen MR) is 80.8 cm³/mol. The van der Waals surface area contributed by atoms with Gasteiger partial charge in [0, 0.05) is 25.7 Å². The second-order valence-electron chi connectivity index (χ2n) is 5.73. The normalized spacial score (nSPS) is 22.5. The lowest BCUT2D eigenvalue weighted by atomic mass is 10.0. The van der Waals surface area contributed by atoms with Gasteiger partial charge in [-0.2, -0.15) is 0 Å². The largest absolute Gasteiger partial charge is 0.486 e. The number of rotatable bonds is 5. The molecule has 0 radical (unpaired) electrons. The molecule has 0 bridgehead atoms. The van der Waals surface area contributed by atoms with Crippen LogP contribution < -0.4 is 15.2 Å². The van der Waals surface area contributed by atoms with Gasteiger partial charge in [0.1, 0.15) is 13.2 Å². The molecule has 2 N–H and O–H groups in total. The molecule has 2 aliphatic rings. The van der Waals surface area contributed by atoms with Gasteiger partial charge in [0.15, 0.2) is 11.5 Å². The molecule has 1 aromatic rings. The number of likely N-dealkylation sites (N-methyl/N-ethyl adjacent to an activating group) is 1. The van der Waals surface area contributed by atoms with Crippen molar-refractivity contribution in [3.8, 4) is 11.5 Å². The highest BCUT2D eigenvalue weighted by Gasteiger charge is 2.23. The minimum atomic E-state index is 0.171. The zero-order chi connectivity index (χ0) is 14.7. The molecule has 1 fully saturated rings. The summed E-state index contributed by atoms with van der Waals surface area (Å²) in [6, 6.07) is 6.28. The van der Waals surface area contributed by atoms with Crippen LogP contribution in [0.25, 0.3) is 0 Å². The Hall–Kier alpha value is -1.30. The first-order chi connectivity index (χ1) is 10.3. The monoisotopic (exact) mass is 292 g/mol. The van der Waals surface area contributed by atoms with Gasteiger partial charge in [-0.05, 0) is 37.6 Å². The summed E-state index contributed by atoms with van der Waals surface area (Å²) < 4.78 is 17.0. The van der Waals surface area contributed by atoms with Gasteiger partial charge in [0.2, 0.25) is 0 Å². The number of hydrogen-bond acceptors (Lipinski definition) is 5. The van der Waals surface area contributed by atoms with E-state index in [9.17, 15) is 0 Å². The Morgan fingerprint density at radius 3 is 2.76 bits per heavy atom. The summed E-state index contributed by atoms with van der Waals surface area (Å²) in [6.45, 7) is 3.59. The zero-order valence-electron chi connectivity index (χ0n) is 12.6. The Balaban J connectivity index is 1.72. The highest BCUT2D eigenvalue weighted by Crippen LogP contribution is 2.33. The Labute approximate surface area is 126 Å². The molecule has 0 aromatic heterocycles. The van der Waals surface area contributed by atoms with Crippen LogP contribution in [0.5, 0.6) is 11.5 Å². The van der Waals surface area contributed by atoms with Crippen LogP contribution in [-0.4, -0.2) is 51.0 Å². The van der Waals surface area contributed by atoms with Crippen LogP contribution >= 0.6 is 0 Å². The van der Waals surface area contributed by atoms with Gasteiger partial charge in [0.25, 0.3) is 0 Å². The van der Waals surface area contributed by atoms with E-state index in [0.717, 1.165) is 37.5 Å². The van der Waals surface area contributed by atoms with Crippen molar-refractivity contribution >= 4 is 0 Å². The lowest BCUT2D eigenvalue weighted by molar-refractivity contribution is 0.0688. The maximum absolute atomic E-state index is 6.00. The van der Waals surface area contributed by atoms with E-state index in [-0.39, 0.29) is 6.04 Å². The van der Waals surface area contributed by atoms with E-state index in [2.05, 4.69) is 24.1 Å². The minimum absolute atomic E-state index is 0.171. The summed E-state index contributed by atoms with van der Waals surface area (Å²) in [7, 11) is 2.11. The Bertz CT molecular complexity index is 475. The maximum atomic E-state index is 6.00. The quantitative estimate of drug-likeness (QED) is 0.892. The summed E-state index contributed by atoms with van der Waals surface area (Å²) in [6.07, 6.45) is 2.64. The van der Waals surface area contributed by atoms with Gasteiger partial charge in [-0.15, -0.1) is 0 Å². The molecule has 116 valence electrons. The van der Waals surface area contributed by atoms with Gasteiger partial charge in [0.05, 0.1) is 6.10 Å². The van der Waals surface area contributed by atoms with Crippen molar-refractivity contribution in [1.29, 1.82) is 0 Å². The Kier molecular flexibility index (Phi) is 4.63. The molecule has 0 spiro atoms. The first-order valence-electron chi connectivity index (χ1n) is 7.69. The molecule has 0 amide bonds. The summed E-state index contributed by atoms with van der Waals surface area (Å²) in [4.78, 5) is 2.28. The van der Waals surface area contributed by atoms with E-state index in [1.54, 1.807) is 0 Å². The first-order valence-corrected chi connectivity index (χ1v) is 7.69. The van der Waals surface area contributed by atoms with Crippen LogP contribution in [0.3, 0.4) is 0 Å². The van der Waals surface area contributed by atoms with Crippen molar-refractivity contribution in [2.45, 2.75) is 25.0 Å². The van der Waals surface area contributed by atoms with Gasteiger partial charge in [-0.3, -0.25) is 4.90 Å². The second-order valence-corrected chi connectivity index (χ2v) is 5.73. The molecule has 5 nitrogen and oxygen atoms in total. The van der Waals surface area contributed by atoms with E-state index < -0.39 is 0 Å². The SMILES string of the molecule is CN(CC1CCCO1)C(CN)c1ccc2c(c1)OCCO2. The van der Waals surface area contributed by atoms with E-state index in [1.165, 1.54) is 5.56 Å². The molecule has 1 aromatic carbocycles. The molecule has 0 aliphatic carbocycles. The number of ether oxygens (including phenoxy) is 3. The van der Waals surface area contributed by atoms with Gasteiger partial charge in [-0.25, -0.2) is 0 Å². The number of nitrogens with two attached hydrogens (primary N) is 1. The molecule has 1 saturated heterocycles. The fourth-order valence-corrected chi connectivity index (χ4v) is 3.07. The molecule has 2 aliphatic heterocycles. The third-order valence-corrected chi connectivity index (χ3v) is 4.22. The minimum Gasteiger partial charge on any atom is -0.486 e. The third-order valence-electron chi connectivity index (χ3n) is 4.22. The van der Waals surface area contributed by atoms with E-state index in [4.69, 9.17) is 19.9 Å². The highest BCUT2D eigenvalue weighted by molar-refractivity contribution is 5.44. The van der Waals surface area contributed by atoms with Crippen LogP contribution in [0, 0.1) is 0 Å². The van der Waals surface area contributed by atoms with Gasteiger partial charge < -0.3 is 19.9 Å². The molecule has 3 rings (SSSR count). The second kappa shape index (κ2) is 6.64. The van der Waals surface area contributed by atoms with E-state index in [1.807, 2.05) is 6.07 Å². The highest BCUT2D eigenvalue weighted by atomic mass is 16.6. The Morgan fingerprint density at radius 2 is 2.05 bits per heavy atom. The summed E-state index contributed by atoms with van der Waals surface area (Å²) in [5.41, 5.74) is 7.17. The van der Waals surface area contributed by atoms with E-state index in [0.29, 0.717) is 25.9 Å². The summed E-state index contributed by atoms with van der Waals surface area (Å²) in [5, 5.41) is 0. The molecular weight excluding hydrogens is 268 g/mol. The van der Waals surface area contributed by atoms with Crippen molar-refractivity contribution in [2.24, 2.45) is 5.73 Å². The van der Waals surface area contributed by atoms with Crippen molar-refractivity contribution in [1.82, 2.24) is 4.90 Å². The van der Waals surface area contributed by atoms with E-state index >= 15 is 0 Å². The molecule has 5 heteroatoms. The van der Waals surface area contributed by atoms with Crippen LogP contribution in [0.15, 0.2) is 18.2 Å².